The summed E-state index contributed by atoms with van der Waals surface area (Å²) >= 11 is 1.58. The Labute approximate surface area is 171 Å². The van der Waals surface area contributed by atoms with Gasteiger partial charge in [-0.15, -0.1) is 11.3 Å². The first-order valence-electron chi connectivity index (χ1n) is 9.82. The minimum atomic E-state index is -4.39. The van der Waals surface area contributed by atoms with E-state index in [2.05, 4.69) is 15.2 Å². The second kappa shape index (κ2) is 7.71. The van der Waals surface area contributed by atoms with E-state index < -0.39 is 24.7 Å². The number of likely N-dealkylation sites (tertiary alicyclic amines) is 2. The molecule has 10 heteroatoms. The molecule has 0 aliphatic carbocycles. The monoisotopic (exact) mass is 427 g/mol. The predicted octanol–water partition coefficient (Wildman–Crippen LogP) is 3.48. The molecule has 1 unspecified atom stereocenters. The van der Waals surface area contributed by atoms with Crippen LogP contribution in [0.5, 0.6) is 0 Å². The Morgan fingerprint density at radius 2 is 1.90 bits per heavy atom. The number of thiophene rings is 1. The zero-order valence-corrected chi connectivity index (χ0v) is 17.3. The number of hydrogen-bond acceptors (Lipinski definition) is 6. The molecule has 2 aliphatic rings. The van der Waals surface area contributed by atoms with Gasteiger partial charge in [0, 0.05) is 11.4 Å². The van der Waals surface area contributed by atoms with Crippen LogP contribution in [0.1, 0.15) is 35.5 Å². The standard InChI is InChI=1S/C19H24F3N5OS/c1-11-12(2)29-17-15(11)16(24-14(25-17)9-26-6-3-4-7-26)23-13-5-8-27(18(13)28)10-19(20,21)22/h13H,3-10H2,1-2H3,(H,23,24,25). The summed E-state index contributed by atoms with van der Waals surface area (Å²) in [7, 11) is 0. The summed E-state index contributed by atoms with van der Waals surface area (Å²) in [5.41, 5.74) is 1.04. The van der Waals surface area contributed by atoms with Gasteiger partial charge in [-0.25, -0.2) is 9.97 Å². The van der Waals surface area contributed by atoms with E-state index in [1.165, 1.54) is 0 Å². The summed E-state index contributed by atoms with van der Waals surface area (Å²) in [5.74, 6) is 0.707. The first kappa shape index (κ1) is 20.3. The highest BCUT2D eigenvalue weighted by Gasteiger charge is 2.39. The van der Waals surface area contributed by atoms with Crippen molar-refractivity contribution in [1.82, 2.24) is 19.8 Å². The number of amides is 1. The van der Waals surface area contributed by atoms with Crippen molar-refractivity contribution >= 4 is 33.3 Å². The summed E-state index contributed by atoms with van der Waals surface area (Å²) in [6, 6.07) is -0.699. The van der Waals surface area contributed by atoms with Gasteiger partial charge in [0.2, 0.25) is 5.91 Å². The molecule has 2 aromatic rings. The highest BCUT2D eigenvalue weighted by Crippen LogP contribution is 2.34. The summed E-state index contributed by atoms with van der Waals surface area (Å²) < 4.78 is 38.1. The van der Waals surface area contributed by atoms with E-state index in [1.54, 1.807) is 11.3 Å². The van der Waals surface area contributed by atoms with Crippen LogP contribution in [-0.2, 0) is 11.3 Å². The molecule has 29 heavy (non-hydrogen) atoms. The third-order valence-corrected chi connectivity index (χ3v) is 6.72. The molecule has 1 amide bonds. The van der Waals surface area contributed by atoms with E-state index in [1.807, 2.05) is 13.8 Å². The van der Waals surface area contributed by atoms with E-state index in [4.69, 9.17) is 4.98 Å². The number of rotatable bonds is 5. The lowest BCUT2D eigenvalue weighted by molar-refractivity contribution is -0.157. The van der Waals surface area contributed by atoms with Crippen LogP contribution in [0.3, 0.4) is 0 Å². The molecule has 0 aromatic carbocycles. The smallest absolute Gasteiger partial charge is 0.358 e. The van der Waals surface area contributed by atoms with Crippen LogP contribution >= 0.6 is 11.3 Å². The topological polar surface area (TPSA) is 61.4 Å². The van der Waals surface area contributed by atoms with Crippen molar-refractivity contribution < 1.29 is 18.0 Å². The van der Waals surface area contributed by atoms with Crippen LogP contribution in [-0.4, -0.2) is 64.1 Å². The highest BCUT2D eigenvalue weighted by molar-refractivity contribution is 7.18. The van der Waals surface area contributed by atoms with Crippen LogP contribution in [0.4, 0.5) is 19.0 Å². The molecule has 0 radical (unpaired) electrons. The number of nitrogens with one attached hydrogen (secondary N) is 1. The van der Waals surface area contributed by atoms with Gasteiger partial charge < -0.3 is 10.2 Å². The normalized spacial score (nSPS) is 20.9. The van der Waals surface area contributed by atoms with Crippen molar-refractivity contribution in [2.75, 3.05) is 31.5 Å². The van der Waals surface area contributed by atoms with Crippen molar-refractivity contribution in [3.05, 3.63) is 16.3 Å². The molecular formula is C19H24F3N5OS. The van der Waals surface area contributed by atoms with Crippen molar-refractivity contribution in [2.24, 2.45) is 0 Å². The third-order valence-electron chi connectivity index (χ3n) is 5.62. The van der Waals surface area contributed by atoms with Crippen molar-refractivity contribution in [2.45, 2.75) is 51.9 Å². The average Bonchev–Trinajstić information content (AvgIpc) is 3.31. The Balaban J connectivity index is 1.61. The first-order chi connectivity index (χ1) is 13.7. The Bertz CT molecular complexity index is 923. The number of fused-ring (bicyclic) bond motifs is 1. The maximum Gasteiger partial charge on any atom is 0.406 e. The van der Waals surface area contributed by atoms with Gasteiger partial charge in [-0.1, -0.05) is 0 Å². The van der Waals surface area contributed by atoms with Crippen molar-refractivity contribution in [3.8, 4) is 0 Å². The Kier molecular flexibility index (Phi) is 5.41. The van der Waals surface area contributed by atoms with Crippen LogP contribution < -0.4 is 5.32 Å². The molecule has 2 aromatic heterocycles. The lowest BCUT2D eigenvalue weighted by atomic mass is 10.2. The Morgan fingerprint density at radius 3 is 2.59 bits per heavy atom. The molecule has 6 nitrogen and oxygen atoms in total. The maximum atomic E-state index is 12.7. The van der Waals surface area contributed by atoms with E-state index in [0.29, 0.717) is 24.6 Å². The largest absolute Gasteiger partial charge is 0.406 e. The summed E-state index contributed by atoms with van der Waals surface area (Å²) in [6.45, 7) is 5.54. The van der Waals surface area contributed by atoms with Gasteiger partial charge >= 0.3 is 6.18 Å². The SMILES string of the molecule is Cc1sc2nc(CN3CCCC3)nc(NC3CCN(CC(F)(F)F)C3=O)c2c1C. The lowest BCUT2D eigenvalue weighted by Gasteiger charge is -2.19. The van der Waals surface area contributed by atoms with Gasteiger partial charge in [0.1, 0.15) is 29.1 Å². The van der Waals surface area contributed by atoms with Gasteiger partial charge in [-0.2, -0.15) is 13.2 Å². The Hall–Kier alpha value is -1.94. The minimum Gasteiger partial charge on any atom is -0.358 e. The van der Waals surface area contributed by atoms with Gasteiger partial charge in [-0.3, -0.25) is 9.69 Å². The van der Waals surface area contributed by atoms with E-state index in [0.717, 1.165) is 51.5 Å². The van der Waals surface area contributed by atoms with Gasteiger partial charge in [-0.05, 0) is 51.8 Å². The molecule has 2 aliphatic heterocycles. The van der Waals surface area contributed by atoms with Crippen LogP contribution in [0.2, 0.25) is 0 Å². The summed E-state index contributed by atoms with van der Waals surface area (Å²) in [6.07, 6.45) is -1.74. The number of aryl methyl sites for hydroxylation is 2. The zero-order valence-electron chi connectivity index (χ0n) is 16.5. The van der Waals surface area contributed by atoms with Gasteiger partial charge in [0.05, 0.1) is 11.9 Å². The number of hydrogen-bond donors (Lipinski definition) is 1. The molecule has 0 spiro atoms. The lowest BCUT2D eigenvalue weighted by Crippen LogP contribution is -2.39. The van der Waals surface area contributed by atoms with Crippen LogP contribution in [0, 0.1) is 13.8 Å². The van der Waals surface area contributed by atoms with E-state index in [9.17, 15) is 18.0 Å². The number of aromatic nitrogens is 2. The van der Waals surface area contributed by atoms with Gasteiger partial charge in [0.15, 0.2) is 0 Å². The quantitative estimate of drug-likeness (QED) is 0.792. The predicted molar refractivity (Wildman–Crippen MR) is 106 cm³/mol. The van der Waals surface area contributed by atoms with E-state index in [-0.39, 0.29) is 6.54 Å². The molecule has 0 saturated carbocycles. The average molecular weight is 427 g/mol. The van der Waals surface area contributed by atoms with E-state index >= 15 is 0 Å². The molecule has 158 valence electrons. The number of carbonyl (C=O) groups is 1. The number of nitrogens with zero attached hydrogens (tertiary/aromatic N) is 4. The molecule has 0 bridgehead atoms. The second-order valence-corrected chi connectivity index (χ2v) is 9.00. The summed E-state index contributed by atoms with van der Waals surface area (Å²) in [4.78, 5) is 27.0. The van der Waals surface area contributed by atoms with Crippen LogP contribution in [0.15, 0.2) is 0 Å². The summed E-state index contributed by atoms with van der Waals surface area (Å²) in [5, 5.41) is 4.01. The number of alkyl halides is 3. The third kappa shape index (κ3) is 4.32. The maximum absolute atomic E-state index is 12.7. The Morgan fingerprint density at radius 1 is 1.17 bits per heavy atom. The van der Waals surface area contributed by atoms with Gasteiger partial charge in [0.25, 0.3) is 0 Å². The first-order valence-corrected chi connectivity index (χ1v) is 10.6. The molecule has 1 N–H and O–H groups in total. The molecule has 4 heterocycles. The second-order valence-electron chi connectivity index (χ2n) is 7.80. The molecule has 1 atom stereocenters. The van der Waals surface area contributed by atoms with Crippen LogP contribution in [0.25, 0.3) is 10.2 Å². The number of halogens is 3. The minimum absolute atomic E-state index is 0.0898. The molecule has 4 rings (SSSR count). The highest BCUT2D eigenvalue weighted by atomic mass is 32.1. The molecular weight excluding hydrogens is 403 g/mol. The fraction of sp³-hybridized carbons (Fsp3) is 0.632. The number of carbonyl (C=O) groups excluding carboxylic acids is 1. The number of anilines is 1. The fourth-order valence-corrected chi connectivity index (χ4v) is 5.07. The molecule has 2 saturated heterocycles. The zero-order chi connectivity index (χ0) is 20.8. The van der Waals surface area contributed by atoms with Crippen molar-refractivity contribution in [1.29, 1.82) is 0 Å². The van der Waals surface area contributed by atoms with Crippen molar-refractivity contribution in [3.63, 3.8) is 0 Å². The molecule has 2 fully saturated rings. The fourth-order valence-electron chi connectivity index (χ4n) is 4.02.